The standard InChI is InChI=1S/C12H19NO5S3/c1-8-7-19-10(12(14)18-3)11(8)21(16,17)13-9(2)5-6-20(4)15/h7,9,13H,5-6H2,1-4H3. The molecule has 0 spiro atoms. The highest BCUT2D eigenvalue weighted by Gasteiger charge is 2.28. The first-order chi connectivity index (χ1) is 9.69. The van der Waals surface area contributed by atoms with Crippen molar-refractivity contribution in [3.05, 3.63) is 15.8 Å². The number of carbonyl (C=O) groups excluding carboxylic acids is 1. The van der Waals surface area contributed by atoms with Crippen LogP contribution in [0.25, 0.3) is 0 Å². The average Bonchev–Trinajstić information content (AvgIpc) is 2.77. The van der Waals surface area contributed by atoms with Crippen molar-refractivity contribution in [3.63, 3.8) is 0 Å². The minimum Gasteiger partial charge on any atom is -0.465 e. The zero-order chi connectivity index (χ0) is 16.2. The molecule has 0 saturated heterocycles. The first-order valence-electron chi connectivity index (χ1n) is 6.17. The zero-order valence-corrected chi connectivity index (χ0v) is 14.8. The van der Waals surface area contributed by atoms with Crippen molar-refractivity contribution in [2.45, 2.75) is 31.2 Å². The molecule has 6 nitrogen and oxygen atoms in total. The first kappa shape index (κ1) is 18.3. The fourth-order valence-corrected chi connectivity index (χ4v) is 5.40. The molecule has 1 rings (SSSR count). The van der Waals surface area contributed by atoms with Gasteiger partial charge in [0.25, 0.3) is 0 Å². The second kappa shape index (κ2) is 7.48. The van der Waals surface area contributed by atoms with Crippen molar-refractivity contribution in [1.82, 2.24) is 4.72 Å². The molecule has 0 aliphatic rings. The molecule has 9 heteroatoms. The summed E-state index contributed by atoms with van der Waals surface area (Å²) in [5, 5.41) is 1.60. The van der Waals surface area contributed by atoms with Crippen LogP contribution in [-0.2, 0) is 25.6 Å². The third-order valence-corrected chi connectivity index (χ3v) is 6.55. The van der Waals surface area contributed by atoms with E-state index in [1.807, 2.05) is 0 Å². The second-order valence-corrected chi connectivity index (χ2v) is 8.74. The summed E-state index contributed by atoms with van der Waals surface area (Å²) in [6.45, 7) is 3.33. The van der Waals surface area contributed by atoms with Gasteiger partial charge >= 0.3 is 5.97 Å². The summed E-state index contributed by atoms with van der Waals surface area (Å²) < 4.78 is 43.0. The summed E-state index contributed by atoms with van der Waals surface area (Å²) in [7, 11) is -3.59. The molecule has 120 valence electrons. The Bertz CT molecular complexity index is 635. The van der Waals surface area contributed by atoms with Crippen LogP contribution in [0, 0.1) is 6.92 Å². The Morgan fingerprint density at radius 1 is 1.52 bits per heavy atom. The van der Waals surface area contributed by atoms with Gasteiger partial charge in [-0.05, 0) is 31.2 Å². The van der Waals surface area contributed by atoms with Gasteiger partial charge in [-0.25, -0.2) is 17.9 Å². The Balaban J connectivity index is 3.00. The van der Waals surface area contributed by atoms with Crippen molar-refractivity contribution in [2.24, 2.45) is 0 Å². The van der Waals surface area contributed by atoms with E-state index in [-0.39, 0.29) is 15.8 Å². The van der Waals surface area contributed by atoms with Gasteiger partial charge < -0.3 is 4.74 Å². The van der Waals surface area contributed by atoms with E-state index in [0.717, 1.165) is 11.3 Å². The minimum absolute atomic E-state index is 0.0381. The van der Waals surface area contributed by atoms with E-state index in [1.165, 1.54) is 7.11 Å². The SMILES string of the molecule is COC(=O)c1scc(C)c1S(=O)(=O)NC(C)CCS(C)=O. The fourth-order valence-electron chi connectivity index (χ4n) is 1.73. The van der Waals surface area contributed by atoms with Gasteiger partial charge in [0.05, 0.1) is 7.11 Å². The molecule has 1 aromatic heterocycles. The lowest BCUT2D eigenvalue weighted by atomic mass is 10.3. The Labute approximate surface area is 131 Å². The lowest BCUT2D eigenvalue weighted by Gasteiger charge is -2.14. The van der Waals surface area contributed by atoms with E-state index in [4.69, 9.17) is 0 Å². The van der Waals surface area contributed by atoms with Gasteiger partial charge in [-0.2, -0.15) is 0 Å². The van der Waals surface area contributed by atoms with Crippen molar-refractivity contribution in [1.29, 1.82) is 0 Å². The molecule has 2 atom stereocenters. The smallest absolute Gasteiger partial charge is 0.349 e. The monoisotopic (exact) mass is 353 g/mol. The number of ether oxygens (including phenoxy) is 1. The van der Waals surface area contributed by atoms with Gasteiger partial charge in [-0.1, -0.05) is 0 Å². The van der Waals surface area contributed by atoms with Crippen molar-refractivity contribution in [3.8, 4) is 0 Å². The molecule has 0 radical (unpaired) electrons. The van der Waals surface area contributed by atoms with Crippen molar-refractivity contribution >= 4 is 38.1 Å². The van der Waals surface area contributed by atoms with Crippen LogP contribution in [0.3, 0.4) is 0 Å². The van der Waals surface area contributed by atoms with E-state index in [0.29, 0.717) is 17.7 Å². The molecule has 21 heavy (non-hydrogen) atoms. The number of rotatable bonds is 7. The predicted molar refractivity (Wildman–Crippen MR) is 83.7 cm³/mol. The summed E-state index contributed by atoms with van der Waals surface area (Å²) in [6.07, 6.45) is 2.03. The number of hydrogen-bond donors (Lipinski definition) is 1. The van der Waals surface area contributed by atoms with E-state index in [9.17, 15) is 17.4 Å². The average molecular weight is 353 g/mol. The highest BCUT2D eigenvalue weighted by molar-refractivity contribution is 7.89. The molecule has 0 aliphatic carbocycles. The van der Waals surface area contributed by atoms with Gasteiger partial charge in [-0.15, -0.1) is 11.3 Å². The molecule has 0 aliphatic heterocycles. The third kappa shape index (κ3) is 4.87. The first-order valence-corrected chi connectivity index (χ1v) is 10.3. The second-order valence-electron chi connectivity index (χ2n) is 4.66. The van der Waals surface area contributed by atoms with Gasteiger partial charge in [0.2, 0.25) is 10.0 Å². The largest absolute Gasteiger partial charge is 0.465 e. The number of sulfonamides is 1. The maximum absolute atomic E-state index is 12.4. The summed E-state index contributed by atoms with van der Waals surface area (Å²) in [6, 6.07) is -0.372. The predicted octanol–water partition coefficient (Wildman–Crippen LogP) is 1.28. The number of carbonyl (C=O) groups is 1. The topological polar surface area (TPSA) is 89.5 Å². The Morgan fingerprint density at radius 3 is 2.67 bits per heavy atom. The molecule has 0 bridgehead atoms. The third-order valence-electron chi connectivity index (χ3n) is 2.75. The molecule has 0 fully saturated rings. The fraction of sp³-hybridized carbons (Fsp3) is 0.583. The molecule has 2 unspecified atom stereocenters. The maximum Gasteiger partial charge on any atom is 0.349 e. The number of esters is 1. The molecule has 1 aromatic rings. The maximum atomic E-state index is 12.4. The molecule has 0 amide bonds. The highest BCUT2D eigenvalue weighted by Crippen LogP contribution is 2.27. The van der Waals surface area contributed by atoms with Crippen LogP contribution in [0.5, 0.6) is 0 Å². The summed E-state index contributed by atoms with van der Waals surface area (Å²) >= 11 is 1.04. The number of nitrogens with one attached hydrogen (secondary N) is 1. The van der Waals surface area contributed by atoms with E-state index in [1.54, 1.807) is 25.5 Å². The van der Waals surface area contributed by atoms with Crippen LogP contribution in [0.2, 0.25) is 0 Å². The number of thiophene rings is 1. The Kier molecular flexibility index (Phi) is 6.51. The normalized spacial score (nSPS) is 14.7. The molecule has 0 aromatic carbocycles. The van der Waals surface area contributed by atoms with Gasteiger partial charge in [0.15, 0.2) is 0 Å². The van der Waals surface area contributed by atoms with Crippen LogP contribution in [-0.4, -0.2) is 43.8 Å². The van der Waals surface area contributed by atoms with Crippen LogP contribution >= 0.6 is 11.3 Å². The van der Waals surface area contributed by atoms with Crippen LogP contribution in [0.15, 0.2) is 10.3 Å². The number of hydrogen-bond acceptors (Lipinski definition) is 6. The highest BCUT2D eigenvalue weighted by atomic mass is 32.2. The Hall–Kier alpha value is -0.770. The summed E-state index contributed by atoms with van der Waals surface area (Å²) in [5.74, 6) is -0.258. The van der Waals surface area contributed by atoms with E-state index >= 15 is 0 Å². The molecule has 1 heterocycles. The van der Waals surface area contributed by atoms with Gasteiger partial charge in [0, 0.05) is 28.9 Å². The minimum atomic E-state index is -3.82. The van der Waals surface area contributed by atoms with Crippen LogP contribution in [0.4, 0.5) is 0 Å². The molecular formula is C12H19NO5S3. The lowest BCUT2D eigenvalue weighted by Crippen LogP contribution is -2.34. The van der Waals surface area contributed by atoms with E-state index in [2.05, 4.69) is 9.46 Å². The van der Waals surface area contributed by atoms with Gasteiger partial charge in [-0.3, -0.25) is 4.21 Å². The van der Waals surface area contributed by atoms with E-state index < -0.39 is 26.8 Å². The molecule has 1 N–H and O–H groups in total. The quantitative estimate of drug-likeness (QED) is 0.746. The van der Waals surface area contributed by atoms with Crippen molar-refractivity contribution < 1.29 is 22.2 Å². The molecular weight excluding hydrogens is 334 g/mol. The number of methoxy groups -OCH3 is 1. The van der Waals surface area contributed by atoms with Crippen LogP contribution in [0.1, 0.15) is 28.6 Å². The Morgan fingerprint density at radius 2 is 2.14 bits per heavy atom. The number of aryl methyl sites for hydroxylation is 1. The summed E-state index contributed by atoms with van der Waals surface area (Å²) in [4.78, 5) is 11.7. The van der Waals surface area contributed by atoms with Crippen LogP contribution < -0.4 is 4.72 Å². The van der Waals surface area contributed by atoms with Gasteiger partial charge in [0.1, 0.15) is 9.77 Å². The zero-order valence-electron chi connectivity index (χ0n) is 12.3. The molecule has 0 saturated carbocycles. The van der Waals surface area contributed by atoms with Crippen molar-refractivity contribution in [2.75, 3.05) is 19.1 Å². The summed E-state index contributed by atoms with van der Waals surface area (Å²) in [5.41, 5.74) is 0.499. The lowest BCUT2D eigenvalue weighted by molar-refractivity contribution is 0.0602.